The molecule has 0 fully saturated rings. The fraction of sp³-hybridized carbons (Fsp3) is 0.824. The summed E-state index contributed by atoms with van der Waals surface area (Å²) in [4.78, 5) is 35.3. The second-order valence-electron chi connectivity index (χ2n) is 7.06. The van der Waals surface area contributed by atoms with Crippen molar-refractivity contribution in [1.29, 1.82) is 0 Å². The maximum atomic E-state index is 12.1. The molecule has 0 aromatic heterocycles. The summed E-state index contributed by atoms with van der Waals surface area (Å²) in [5, 5.41) is 8.32. The maximum Gasteiger partial charge on any atom is 0.238 e. The minimum Gasteiger partial charge on any atom is -0.385 e. The van der Waals surface area contributed by atoms with Crippen molar-refractivity contribution in [2.45, 2.75) is 58.2 Å². The molecule has 0 bridgehead atoms. The van der Waals surface area contributed by atoms with Gasteiger partial charge in [0.15, 0.2) is 0 Å². The van der Waals surface area contributed by atoms with Crippen molar-refractivity contribution in [2.24, 2.45) is 5.73 Å². The quantitative estimate of drug-likeness (QED) is 0.351. The first-order chi connectivity index (χ1) is 12.1. The summed E-state index contributed by atoms with van der Waals surface area (Å²) in [6, 6.07) is -0.604. The number of methoxy groups -OCH3 is 1. The second-order valence-corrected chi connectivity index (χ2v) is 8.09. The zero-order chi connectivity index (χ0) is 20.2. The third kappa shape index (κ3) is 13.0. The Morgan fingerprint density at radius 3 is 2.42 bits per heavy atom. The number of amides is 3. The molecule has 0 spiro atoms. The van der Waals surface area contributed by atoms with Gasteiger partial charge in [0.1, 0.15) is 0 Å². The zero-order valence-corrected chi connectivity index (χ0v) is 17.3. The van der Waals surface area contributed by atoms with Gasteiger partial charge in [-0.3, -0.25) is 14.4 Å². The number of nitrogens with one attached hydrogen (secondary N) is 3. The molecule has 0 aromatic carbocycles. The van der Waals surface area contributed by atoms with Crippen molar-refractivity contribution in [1.82, 2.24) is 16.0 Å². The smallest absolute Gasteiger partial charge is 0.238 e. The summed E-state index contributed by atoms with van der Waals surface area (Å²) < 4.78 is 5.02. The Morgan fingerprint density at radius 2 is 1.85 bits per heavy atom. The van der Waals surface area contributed by atoms with E-state index in [1.165, 1.54) is 11.8 Å². The molecule has 0 heterocycles. The lowest BCUT2D eigenvalue weighted by Crippen LogP contribution is -2.51. The van der Waals surface area contributed by atoms with E-state index in [0.29, 0.717) is 18.8 Å². The average molecular weight is 391 g/mol. The summed E-state index contributed by atoms with van der Waals surface area (Å²) in [7, 11) is 1.61. The summed E-state index contributed by atoms with van der Waals surface area (Å²) in [6.07, 6.45) is 0.926. The van der Waals surface area contributed by atoms with E-state index in [9.17, 15) is 14.4 Å². The van der Waals surface area contributed by atoms with Crippen LogP contribution in [-0.2, 0) is 19.1 Å². The van der Waals surface area contributed by atoms with Gasteiger partial charge in [0.05, 0.1) is 11.8 Å². The third-order valence-electron chi connectivity index (χ3n) is 3.38. The molecule has 0 aromatic rings. The van der Waals surface area contributed by atoms with Gasteiger partial charge in [-0.05, 0) is 34.1 Å². The molecule has 0 saturated heterocycles. The van der Waals surface area contributed by atoms with Crippen LogP contribution in [0.25, 0.3) is 0 Å². The van der Waals surface area contributed by atoms with Gasteiger partial charge in [0, 0.05) is 44.0 Å². The Morgan fingerprint density at radius 1 is 1.19 bits per heavy atom. The molecule has 0 aliphatic heterocycles. The van der Waals surface area contributed by atoms with Crippen molar-refractivity contribution < 1.29 is 19.1 Å². The van der Waals surface area contributed by atoms with E-state index in [1.54, 1.807) is 7.11 Å². The highest BCUT2D eigenvalue weighted by molar-refractivity contribution is 8.00. The Balaban J connectivity index is 3.95. The number of ether oxygens (including phenoxy) is 1. The molecule has 0 rings (SSSR count). The highest BCUT2D eigenvalue weighted by atomic mass is 32.2. The number of carbonyl (C=O) groups excluding carboxylic acids is 3. The second kappa shape index (κ2) is 12.9. The first-order valence-electron chi connectivity index (χ1n) is 8.77. The van der Waals surface area contributed by atoms with Gasteiger partial charge >= 0.3 is 0 Å². The van der Waals surface area contributed by atoms with Gasteiger partial charge in [-0.15, -0.1) is 11.8 Å². The number of nitrogens with two attached hydrogens (primary N) is 1. The molecule has 0 saturated carbocycles. The molecule has 26 heavy (non-hydrogen) atoms. The van der Waals surface area contributed by atoms with Crippen molar-refractivity contribution >= 4 is 29.5 Å². The Labute approximate surface area is 160 Å². The normalized spacial score (nSPS) is 12.6. The molecule has 152 valence electrons. The molecule has 1 atom stereocenters. The number of hydrogen-bond acceptors (Lipinski definition) is 6. The van der Waals surface area contributed by atoms with Crippen LogP contribution in [-0.4, -0.2) is 67.1 Å². The number of thioether (sulfide) groups is 1. The summed E-state index contributed by atoms with van der Waals surface area (Å²) in [6.45, 7) is 8.42. The van der Waals surface area contributed by atoms with E-state index in [4.69, 9.17) is 10.5 Å². The number of carbonyl (C=O) groups is 3. The van der Waals surface area contributed by atoms with E-state index < -0.39 is 11.6 Å². The van der Waals surface area contributed by atoms with Crippen LogP contribution in [0.5, 0.6) is 0 Å². The fourth-order valence-electron chi connectivity index (χ4n) is 1.96. The standard InChI is InChI=1S/C17H34N4O4S/c1-12(2)20-14(22)6-8-19-15(23)11-26-10-13(18)16(24)21-17(3,4)7-9-25-5/h12-13H,6-11,18H2,1-5H3,(H,19,23)(H,20,22)(H,21,24)/t13-/m0/s1. The summed E-state index contributed by atoms with van der Waals surface area (Å²) in [5.74, 6) is 0.0142. The van der Waals surface area contributed by atoms with Crippen LogP contribution in [0, 0.1) is 0 Å². The van der Waals surface area contributed by atoms with E-state index in [0.717, 1.165) is 0 Å². The summed E-state index contributed by atoms with van der Waals surface area (Å²) in [5.41, 5.74) is 5.48. The molecular formula is C17H34N4O4S. The lowest BCUT2D eigenvalue weighted by molar-refractivity contribution is -0.124. The minimum atomic E-state index is -0.688. The van der Waals surface area contributed by atoms with Gasteiger partial charge in [-0.2, -0.15) is 0 Å². The average Bonchev–Trinajstić information content (AvgIpc) is 2.51. The predicted molar refractivity (Wildman–Crippen MR) is 105 cm³/mol. The van der Waals surface area contributed by atoms with E-state index in [1.807, 2.05) is 27.7 Å². The predicted octanol–water partition coefficient (Wildman–Crippen LogP) is 0.00910. The lowest BCUT2D eigenvalue weighted by atomic mass is 10.0. The van der Waals surface area contributed by atoms with Crippen molar-refractivity contribution in [2.75, 3.05) is 31.8 Å². The van der Waals surface area contributed by atoms with E-state index in [-0.39, 0.29) is 42.5 Å². The SMILES string of the molecule is COCCC(C)(C)NC(=O)[C@@H](N)CSCC(=O)NCCC(=O)NC(C)C. The third-order valence-corrected chi connectivity index (χ3v) is 4.45. The number of hydrogen-bond donors (Lipinski definition) is 4. The highest BCUT2D eigenvalue weighted by Gasteiger charge is 2.23. The van der Waals surface area contributed by atoms with Crippen LogP contribution in [0.15, 0.2) is 0 Å². The van der Waals surface area contributed by atoms with Gasteiger partial charge in [0.25, 0.3) is 0 Å². The first kappa shape index (κ1) is 24.7. The van der Waals surface area contributed by atoms with E-state index in [2.05, 4.69) is 16.0 Å². The largest absolute Gasteiger partial charge is 0.385 e. The molecule has 9 heteroatoms. The minimum absolute atomic E-state index is 0.0841. The maximum absolute atomic E-state index is 12.1. The van der Waals surface area contributed by atoms with Crippen LogP contribution in [0.1, 0.15) is 40.5 Å². The van der Waals surface area contributed by atoms with Crippen molar-refractivity contribution in [3.8, 4) is 0 Å². The monoisotopic (exact) mass is 390 g/mol. The fourth-order valence-corrected chi connectivity index (χ4v) is 2.77. The lowest BCUT2D eigenvalue weighted by Gasteiger charge is -2.27. The van der Waals surface area contributed by atoms with Crippen LogP contribution in [0.4, 0.5) is 0 Å². The van der Waals surface area contributed by atoms with Crippen molar-refractivity contribution in [3.05, 3.63) is 0 Å². The van der Waals surface area contributed by atoms with Gasteiger partial charge in [0.2, 0.25) is 17.7 Å². The van der Waals surface area contributed by atoms with Crippen LogP contribution in [0.2, 0.25) is 0 Å². The Bertz CT molecular complexity index is 458. The van der Waals surface area contributed by atoms with Gasteiger partial charge in [-0.1, -0.05) is 0 Å². The molecular weight excluding hydrogens is 356 g/mol. The van der Waals surface area contributed by atoms with Gasteiger partial charge < -0.3 is 26.4 Å². The topological polar surface area (TPSA) is 123 Å². The molecule has 8 nitrogen and oxygen atoms in total. The molecule has 0 aliphatic rings. The summed E-state index contributed by atoms with van der Waals surface area (Å²) >= 11 is 1.29. The molecule has 3 amide bonds. The number of rotatable bonds is 13. The van der Waals surface area contributed by atoms with Crippen LogP contribution in [0.3, 0.4) is 0 Å². The van der Waals surface area contributed by atoms with Crippen LogP contribution < -0.4 is 21.7 Å². The van der Waals surface area contributed by atoms with E-state index >= 15 is 0 Å². The Hall–Kier alpha value is -1.32. The van der Waals surface area contributed by atoms with Gasteiger partial charge in [-0.25, -0.2) is 0 Å². The molecule has 0 radical (unpaired) electrons. The molecule has 5 N–H and O–H groups in total. The van der Waals surface area contributed by atoms with Crippen LogP contribution >= 0.6 is 11.8 Å². The first-order valence-corrected chi connectivity index (χ1v) is 9.93. The Kier molecular flexibility index (Phi) is 12.3. The zero-order valence-electron chi connectivity index (χ0n) is 16.5. The molecule has 0 unspecified atom stereocenters. The molecule has 0 aliphatic carbocycles. The highest BCUT2D eigenvalue weighted by Crippen LogP contribution is 2.09. The van der Waals surface area contributed by atoms with Crippen molar-refractivity contribution in [3.63, 3.8) is 0 Å².